The first-order valence-corrected chi connectivity index (χ1v) is 35.3. The quantitative estimate of drug-likeness (QED) is 0.0554. The topological polar surface area (TPSA) is 512 Å². The first-order chi connectivity index (χ1) is 42.1. The molecule has 15 N–H and O–H groups in total. The van der Waals surface area contributed by atoms with Gasteiger partial charge in [-0.2, -0.15) is 0 Å². The summed E-state index contributed by atoms with van der Waals surface area (Å²) in [6.45, 7) is 15.5. The molecule has 0 spiro atoms. The van der Waals surface area contributed by atoms with E-state index in [1.54, 1.807) is 174 Å². The number of aromatic nitrogens is 5. The molecule has 506 valence electrons. The number of benzene rings is 2. The number of carbonyl (C=O) groups is 5. The Bertz CT molecular complexity index is 4600. The summed E-state index contributed by atoms with van der Waals surface area (Å²) < 4.78 is 124. The predicted molar refractivity (Wildman–Crippen MR) is 340 cm³/mol. The molecule has 92 heavy (non-hydrogen) atoms. The first kappa shape index (κ1) is 78.0. The molecular formula is C57H78N10O20S5. The standard InChI is InChI=1S/2C14H16N2O4S.C11H18N2O4S.2C9H14N2O4S/c1-3-10-13(21(15,19)20)11(14(17)18)12(16(10)2)9-7-5-4-6-8-9;1-3-10-11(14(17)18)13(21(15,19)20)12(16(10)2)9-7-5-4-6-8-9;1-5-7-8(11(14)15)10(18(12,16)17)9(6(2)3)13(7)4;1-4-6-7(9(12)13)8(16(10,14)15)5(2)11(6)3;1-4-6-8(16(10,14)15)7(9(12)13)5(2)11(6)3/h2*4-8H,3H2,1-2H3,(H,17,18)(H2,15,19,20);6H,5H2,1-4H3,(H,14,15)(H2,12,16,17);2*4H2,1-3H3,(H,12,13)(H2,10,14,15). The van der Waals surface area contributed by atoms with E-state index in [4.69, 9.17) is 35.9 Å². The molecule has 2 aromatic carbocycles. The number of carboxylic acids is 5. The van der Waals surface area contributed by atoms with Gasteiger partial charge in [-0.05, 0) is 63.0 Å². The van der Waals surface area contributed by atoms with Crippen LogP contribution < -0.4 is 25.7 Å². The number of carboxylic acid groups (broad SMARTS) is 5. The number of aromatic carboxylic acids is 5. The lowest BCUT2D eigenvalue weighted by Crippen LogP contribution is -2.18. The van der Waals surface area contributed by atoms with Crippen LogP contribution in [0.1, 0.15) is 152 Å². The van der Waals surface area contributed by atoms with Crippen molar-refractivity contribution in [2.24, 2.45) is 60.9 Å². The monoisotopic (exact) mass is 1380 g/mol. The SMILES string of the molecule is CCc1c(C(=O)O)c(S(N)(=O)=O)c(-c2ccccc2)n1C.CCc1c(C(=O)O)c(S(N)(=O)=O)c(C(C)C)n1C.CCc1c(C(=O)O)c(S(N)(=O)=O)c(C)n1C.CCc1c(S(N)(=O)=O)c(C(=O)O)c(-c2ccccc2)n1C.CCc1c(S(N)(=O)=O)c(C(=O)O)c(C)n1C. The number of hydrogen-bond donors (Lipinski definition) is 10. The normalized spacial score (nSPS) is 11.7. The molecule has 30 nitrogen and oxygen atoms in total. The summed E-state index contributed by atoms with van der Waals surface area (Å²) in [5.74, 6) is -6.57. The van der Waals surface area contributed by atoms with Crippen molar-refractivity contribution in [3.05, 3.63) is 134 Å². The first-order valence-electron chi connectivity index (χ1n) is 27.5. The molecule has 0 radical (unpaired) electrons. The highest BCUT2D eigenvalue weighted by Gasteiger charge is 2.36. The van der Waals surface area contributed by atoms with E-state index in [9.17, 15) is 81.4 Å². The van der Waals surface area contributed by atoms with Crippen molar-refractivity contribution >= 4 is 80.0 Å². The van der Waals surface area contributed by atoms with Gasteiger partial charge in [0, 0.05) is 80.8 Å². The molecule has 0 fully saturated rings. The zero-order chi connectivity index (χ0) is 71.2. The van der Waals surface area contributed by atoms with Crippen molar-refractivity contribution in [1.29, 1.82) is 0 Å². The van der Waals surface area contributed by atoms with Gasteiger partial charge in [-0.15, -0.1) is 0 Å². The van der Waals surface area contributed by atoms with E-state index in [0.29, 0.717) is 100 Å². The van der Waals surface area contributed by atoms with Crippen LogP contribution in [0.15, 0.2) is 85.1 Å². The highest BCUT2D eigenvalue weighted by atomic mass is 32.2. The second kappa shape index (κ2) is 30.0. The van der Waals surface area contributed by atoms with Crippen LogP contribution in [0.2, 0.25) is 0 Å². The van der Waals surface area contributed by atoms with Gasteiger partial charge in [-0.25, -0.2) is 91.8 Å². The minimum atomic E-state index is -4.17. The lowest BCUT2D eigenvalue weighted by Gasteiger charge is -2.10. The van der Waals surface area contributed by atoms with Crippen LogP contribution in [-0.4, -0.2) is 120 Å². The van der Waals surface area contributed by atoms with E-state index in [2.05, 4.69) is 0 Å². The minimum Gasteiger partial charge on any atom is -0.478 e. The van der Waals surface area contributed by atoms with E-state index in [-0.39, 0.29) is 58.2 Å². The fourth-order valence-electron chi connectivity index (χ4n) is 11.0. The second-order valence-corrected chi connectivity index (χ2v) is 28.2. The molecule has 35 heteroatoms. The van der Waals surface area contributed by atoms with E-state index < -0.39 is 80.0 Å². The Hall–Kier alpha value is -8.26. The molecule has 0 saturated heterocycles. The third kappa shape index (κ3) is 16.5. The van der Waals surface area contributed by atoms with Gasteiger partial charge in [0.1, 0.15) is 52.3 Å². The second-order valence-electron chi connectivity index (χ2n) is 20.7. The number of primary sulfonamides is 5. The number of sulfonamides is 5. The summed E-state index contributed by atoms with van der Waals surface area (Å²) >= 11 is 0. The van der Waals surface area contributed by atoms with Gasteiger partial charge in [0.05, 0.1) is 11.4 Å². The summed E-state index contributed by atoms with van der Waals surface area (Å²) in [6, 6.07) is 17.5. The van der Waals surface area contributed by atoms with Gasteiger partial charge in [0.25, 0.3) is 0 Å². The number of nitrogens with two attached hydrogens (primary N) is 5. The summed E-state index contributed by atoms with van der Waals surface area (Å²) in [4.78, 5) is 55.1. The summed E-state index contributed by atoms with van der Waals surface area (Å²) in [6.07, 6.45) is 1.99. The highest BCUT2D eigenvalue weighted by molar-refractivity contribution is 7.90. The van der Waals surface area contributed by atoms with Crippen molar-refractivity contribution in [1.82, 2.24) is 22.8 Å². The summed E-state index contributed by atoms with van der Waals surface area (Å²) in [7, 11) is -12.2. The smallest absolute Gasteiger partial charge is 0.339 e. The van der Waals surface area contributed by atoms with E-state index >= 15 is 0 Å². The molecule has 7 aromatic rings. The van der Waals surface area contributed by atoms with Crippen LogP contribution in [0, 0.1) is 13.8 Å². The van der Waals surface area contributed by atoms with Crippen molar-refractivity contribution < 1.29 is 91.6 Å². The average molecular weight is 1380 g/mol. The maximum absolute atomic E-state index is 11.9. The van der Waals surface area contributed by atoms with E-state index in [1.807, 2.05) is 0 Å². The minimum absolute atomic E-state index is 0.137. The van der Waals surface area contributed by atoms with Crippen molar-refractivity contribution in [2.75, 3.05) is 0 Å². The Balaban J connectivity index is 0.000000302. The zero-order valence-electron chi connectivity index (χ0n) is 52.9. The molecule has 0 aliphatic carbocycles. The third-order valence-corrected chi connectivity index (χ3v) is 19.8. The summed E-state index contributed by atoms with van der Waals surface area (Å²) in [5.41, 5.74) is 3.99. The molecular weight excluding hydrogens is 1310 g/mol. The lowest BCUT2D eigenvalue weighted by molar-refractivity contribution is 0.0681. The Morgan fingerprint density at radius 1 is 0.359 bits per heavy atom. The molecule has 0 aliphatic heterocycles. The zero-order valence-corrected chi connectivity index (χ0v) is 57.0. The molecule has 0 aliphatic rings. The van der Waals surface area contributed by atoms with Gasteiger partial charge in [-0.1, -0.05) is 109 Å². The molecule has 7 rings (SSSR count). The van der Waals surface area contributed by atoms with Gasteiger partial charge in [-0.3, -0.25) is 0 Å². The molecule has 0 saturated carbocycles. The molecule has 5 heterocycles. The largest absolute Gasteiger partial charge is 0.478 e. The van der Waals surface area contributed by atoms with Gasteiger partial charge >= 0.3 is 29.8 Å². The van der Waals surface area contributed by atoms with Crippen LogP contribution in [-0.2, 0) is 117 Å². The molecule has 0 atom stereocenters. The molecule has 0 unspecified atom stereocenters. The van der Waals surface area contributed by atoms with Crippen molar-refractivity contribution in [3.63, 3.8) is 0 Å². The maximum Gasteiger partial charge on any atom is 0.339 e. The van der Waals surface area contributed by atoms with Crippen molar-refractivity contribution in [2.45, 2.75) is 125 Å². The van der Waals surface area contributed by atoms with Crippen molar-refractivity contribution in [3.8, 4) is 22.5 Å². The fourth-order valence-corrected chi connectivity index (χ4v) is 16.4. The number of nitrogens with zero attached hydrogens (tertiary/aromatic N) is 5. The third-order valence-electron chi connectivity index (χ3n) is 14.8. The molecule has 0 bridgehead atoms. The maximum atomic E-state index is 11.9. The predicted octanol–water partition coefficient (Wildman–Crippen LogP) is 4.74. The van der Waals surface area contributed by atoms with Crippen LogP contribution in [0.4, 0.5) is 0 Å². The lowest BCUT2D eigenvalue weighted by atomic mass is 10.1. The summed E-state index contributed by atoms with van der Waals surface area (Å²) in [5, 5.41) is 71.9. The van der Waals surface area contributed by atoms with E-state index in [1.165, 1.54) is 6.92 Å². The average Bonchev–Trinajstić information content (AvgIpc) is 1.63. The highest BCUT2D eigenvalue weighted by Crippen LogP contribution is 2.37. The van der Waals surface area contributed by atoms with Crippen LogP contribution in [0.3, 0.4) is 0 Å². The van der Waals surface area contributed by atoms with Gasteiger partial charge < -0.3 is 48.4 Å². The van der Waals surface area contributed by atoms with Gasteiger partial charge in [0.15, 0.2) is 0 Å². The fraction of sp³-hybridized carbons (Fsp3) is 0.351. The molecule has 0 amide bonds. The Kier molecular flexibility index (Phi) is 25.4. The molecule has 5 aromatic heterocycles. The van der Waals surface area contributed by atoms with Crippen LogP contribution in [0.25, 0.3) is 22.5 Å². The Labute approximate surface area is 533 Å². The number of hydrogen-bond acceptors (Lipinski definition) is 15. The van der Waals surface area contributed by atoms with E-state index in [0.717, 1.165) is 0 Å². The Morgan fingerprint density at radius 2 is 0.630 bits per heavy atom. The van der Waals surface area contributed by atoms with Crippen LogP contribution >= 0.6 is 0 Å². The van der Waals surface area contributed by atoms with Gasteiger partial charge in [0.2, 0.25) is 50.1 Å². The Morgan fingerprint density at radius 3 is 0.957 bits per heavy atom. The number of rotatable bonds is 18. The van der Waals surface area contributed by atoms with Crippen LogP contribution in [0.5, 0.6) is 0 Å².